The van der Waals surface area contributed by atoms with Gasteiger partial charge in [-0.05, 0) is 69.2 Å². The van der Waals surface area contributed by atoms with Gasteiger partial charge in [-0.15, -0.1) is 0 Å². The number of amides is 11. The lowest BCUT2D eigenvalue weighted by Gasteiger charge is -2.38. The van der Waals surface area contributed by atoms with E-state index in [1.807, 2.05) is 6.92 Å². The van der Waals surface area contributed by atoms with E-state index in [1.165, 1.54) is 148 Å². The Kier molecular flexibility index (Phi) is 23.8. The van der Waals surface area contributed by atoms with Gasteiger partial charge < -0.3 is 53.9 Å². The molecule has 22 heteroatoms. The summed E-state index contributed by atoms with van der Waals surface area (Å²) in [6.07, 6.45) is 0. The fourth-order valence-corrected chi connectivity index (χ4v) is 7.08. The minimum absolute atomic E-state index is 0.115. The molecule has 0 aliphatic rings. The summed E-state index contributed by atoms with van der Waals surface area (Å²) in [5, 5.41) is 0. The van der Waals surface area contributed by atoms with Gasteiger partial charge in [-0.3, -0.25) is 52.7 Å². The molecule has 388 valence electrons. The van der Waals surface area contributed by atoms with Crippen LogP contribution in [0.3, 0.4) is 0 Å². The van der Waals surface area contributed by atoms with Crippen LogP contribution in [-0.4, -0.2) is 264 Å². The smallest absolute Gasteiger partial charge is 0.245 e. The van der Waals surface area contributed by atoms with Gasteiger partial charge in [-0.2, -0.15) is 0 Å². The topological polar surface area (TPSA) is 223 Å². The summed E-state index contributed by atoms with van der Waals surface area (Å²) in [4.78, 5) is 160. The molecule has 0 spiro atoms. The third kappa shape index (κ3) is 14.6. The van der Waals surface area contributed by atoms with Crippen LogP contribution in [0.2, 0.25) is 0 Å². The first kappa shape index (κ1) is 62.2. The van der Waals surface area contributed by atoms with E-state index in [0.29, 0.717) is 6.54 Å². The third-order valence-corrected chi connectivity index (χ3v) is 13.9. The molecule has 0 aromatic carbocycles. The molecule has 0 aromatic heterocycles. The normalized spacial score (nSPS) is 15.5. The first-order valence-electron chi connectivity index (χ1n) is 22.9. The van der Waals surface area contributed by atoms with E-state index in [9.17, 15) is 52.7 Å². The van der Waals surface area contributed by atoms with Gasteiger partial charge in [0.1, 0.15) is 54.4 Å². The van der Waals surface area contributed by atoms with Crippen LogP contribution in [0.5, 0.6) is 0 Å². The highest BCUT2D eigenvalue weighted by Gasteiger charge is 2.40. The third-order valence-electron chi connectivity index (χ3n) is 13.9. The Balaban J connectivity index is 5.75. The summed E-state index contributed by atoms with van der Waals surface area (Å²) in [6, 6.07) is -9.28. The highest BCUT2D eigenvalue weighted by atomic mass is 16.2. The van der Waals surface area contributed by atoms with Crippen LogP contribution in [0.25, 0.3) is 0 Å². The zero-order chi connectivity index (χ0) is 53.9. The van der Waals surface area contributed by atoms with Crippen molar-refractivity contribution in [2.75, 3.05) is 90.6 Å². The molecule has 68 heavy (non-hydrogen) atoms. The largest absolute Gasteiger partial charge is 0.346 e. The number of nitrogens with zero attached hydrogens (tertiary/aromatic N) is 11. The zero-order valence-corrected chi connectivity index (χ0v) is 45.1. The number of likely N-dealkylation sites (N-methyl/N-ethyl adjacent to an activating group) is 10. The lowest BCUT2D eigenvalue weighted by Crippen LogP contribution is -2.59. The first-order chi connectivity index (χ1) is 31.0. The van der Waals surface area contributed by atoms with E-state index in [2.05, 4.69) is 0 Å². The van der Waals surface area contributed by atoms with Crippen molar-refractivity contribution >= 4 is 65.0 Å². The fourth-order valence-electron chi connectivity index (χ4n) is 7.08. The van der Waals surface area contributed by atoms with Crippen molar-refractivity contribution in [1.29, 1.82) is 0 Å². The minimum Gasteiger partial charge on any atom is -0.346 e. The zero-order valence-electron chi connectivity index (χ0n) is 45.1. The molecular weight excluding hydrogens is 883 g/mol. The maximum absolute atomic E-state index is 13.8. The molecule has 0 saturated heterocycles. The second-order valence-corrected chi connectivity index (χ2v) is 18.3. The maximum Gasteiger partial charge on any atom is 0.245 e. The Bertz CT molecular complexity index is 1880. The van der Waals surface area contributed by atoms with Gasteiger partial charge >= 0.3 is 0 Å². The van der Waals surface area contributed by atoms with Crippen molar-refractivity contribution in [3.63, 3.8) is 0 Å². The molecule has 1 unspecified atom stereocenters. The summed E-state index contributed by atoms with van der Waals surface area (Å²) in [7, 11) is 15.9. The standard InChI is InChI=1S/C46H83N11O11/c1-24-47(13)37(59)26(2)25-48(14)38(60)27(3)50(16)40(62)29(5)52(18)42(64)31(7)54(20)44(66)33(9)56(22)46(68)35(11)57(23)45(67)34(10)55(21)43(65)32(8)53(19)41(63)30(6)51(17)39(61)28(4)49(15)36(12)58/h26-35H,24-25H2,1-23H3/t26-,27-,28+,29+,30+,31?,32-,33+,34+,35+/m1/s1. The summed E-state index contributed by atoms with van der Waals surface area (Å²) in [6.45, 7) is 19.0. The minimum atomic E-state index is -1.11. The highest BCUT2D eigenvalue weighted by molar-refractivity contribution is 5.98. The molecule has 0 aromatic rings. The van der Waals surface area contributed by atoms with Gasteiger partial charge in [0, 0.05) is 97.5 Å². The van der Waals surface area contributed by atoms with E-state index in [1.54, 1.807) is 39.8 Å². The van der Waals surface area contributed by atoms with Gasteiger partial charge in [0.05, 0.1) is 5.92 Å². The van der Waals surface area contributed by atoms with Gasteiger partial charge in [-0.1, -0.05) is 6.92 Å². The number of hydrogen-bond acceptors (Lipinski definition) is 11. The van der Waals surface area contributed by atoms with Gasteiger partial charge in [0.15, 0.2) is 0 Å². The molecule has 0 N–H and O–H groups in total. The van der Waals surface area contributed by atoms with Crippen molar-refractivity contribution in [3.8, 4) is 0 Å². The number of carbonyl (C=O) groups is 11. The molecule has 11 amide bonds. The average Bonchev–Trinajstić information content (AvgIpc) is 3.33. The molecule has 0 radical (unpaired) electrons. The quantitative estimate of drug-likeness (QED) is 0.131. The Morgan fingerprint density at radius 2 is 0.456 bits per heavy atom. The number of rotatable bonds is 22. The van der Waals surface area contributed by atoms with E-state index in [4.69, 9.17) is 0 Å². The summed E-state index contributed by atoms with van der Waals surface area (Å²) < 4.78 is 0. The Morgan fingerprint density at radius 1 is 0.279 bits per heavy atom. The molecule has 10 atom stereocenters. The van der Waals surface area contributed by atoms with Gasteiger partial charge in [0.25, 0.3) is 0 Å². The van der Waals surface area contributed by atoms with E-state index < -0.39 is 113 Å². The summed E-state index contributed by atoms with van der Waals surface area (Å²) >= 11 is 0. The van der Waals surface area contributed by atoms with Crippen molar-refractivity contribution < 1.29 is 52.7 Å². The van der Waals surface area contributed by atoms with Crippen LogP contribution in [0.1, 0.15) is 83.1 Å². The predicted molar refractivity (Wildman–Crippen MR) is 256 cm³/mol. The van der Waals surface area contributed by atoms with Crippen LogP contribution < -0.4 is 0 Å². The van der Waals surface area contributed by atoms with Crippen molar-refractivity contribution in [1.82, 2.24) is 53.9 Å². The molecule has 0 bridgehead atoms. The molecule has 0 aliphatic heterocycles. The Morgan fingerprint density at radius 3 is 0.632 bits per heavy atom. The summed E-state index contributed by atoms with van der Waals surface area (Å²) in [5.74, 6) is -5.88. The van der Waals surface area contributed by atoms with Gasteiger partial charge in [-0.25, -0.2) is 0 Å². The van der Waals surface area contributed by atoms with E-state index >= 15 is 0 Å². The van der Waals surface area contributed by atoms with Crippen molar-refractivity contribution in [3.05, 3.63) is 0 Å². The molecular formula is C46H83N11O11. The molecule has 22 nitrogen and oxygen atoms in total. The van der Waals surface area contributed by atoms with E-state index in [0.717, 1.165) is 19.6 Å². The lowest BCUT2D eigenvalue weighted by molar-refractivity contribution is -0.155. The average molecular weight is 966 g/mol. The Labute approximate surface area is 404 Å². The fraction of sp³-hybridized carbons (Fsp3) is 0.761. The first-order valence-corrected chi connectivity index (χ1v) is 22.9. The van der Waals surface area contributed by atoms with E-state index in [-0.39, 0.29) is 18.4 Å². The molecule has 0 fully saturated rings. The van der Waals surface area contributed by atoms with Crippen LogP contribution in [0.15, 0.2) is 0 Å². The lowest BCUT2D eigenvalue weighted by atomic mass is 10.1. The SMILES string of the molecule is CCN(C)C(=O)[C@H](C)CN(C)C(=O)[C@@H](C)N(C)C(=O)[C@H](C)N(C)C(=O)C(C)N(C)C(=O)[C@H](C)N(C)C(=O)[C@H](C)N(C)C(=O)[C@H](C)N(C)C(=O)[C@@H](C)N(C)C(=O)[C@H](C)N(C)C(=O)[C@H](C)N(C)C(C)=O. The van der Waals surface area contributed by atoms with Crippen LogP contribution in [0, 0.1) is 5.92 Å². The maximum atomic E-state index is 13.8. The molecule has 0 heterocycles. The van der Waals surface area contributed by atoms with Crippen LogP contribution >= 0.6 is 0 Å². The predicted octanol–water partition coefficient (Wildman–Crippen LogP) is -0.799. The van der Waals surface area contributed by atoms with Gasteiger partial charge in [0.2, 0.25) is 65.0 Å². The number of hydrogen-bond donors (Lipinski definition) is 0. The molecule has 0 rings (SSSR count). The van der Waals surface area contributed by atoms with Crippen LogP contribution in [0.4, 0.5) is 0 Å². The van der Waals surface area contributed by atoms with Crippen molar-refractivity contribution in [2.45, 2.75) is 137 Å². The molecule has 0 aliphatic carbocycles. The highest BCUT2D eigenvalue weighted by Crippen LogP contribution is 2.17. The molecule has 0 saturated carbocycles. The second kappa shape index (κ2) is 26.1. The summed E-state index contributed by atoms with van der Waals surface area (Å²) in [5.41, 5.74) is 0. The Hall–Kier alpha value is -5.83. The number of carbonyl (C=O) groups excluding carboxylic acids is 11. The van der Waals surface area contributed by atoms with Crippen molar-refractivity contribution in [2.24, 2.45) is 5.92 Å². The van der Waals surface area contributed by atoms with Crippen LogP contribution in [-0.2, 0) is 52.7 Å². The second-order valence-electron chi connectivity index (χ2n) is 18.3. The monoisotopic (exact) mass is 966 g/mol.